The predicted molar refractivity (Wildman–Crippen MR) is 34.4 cm³/mol. The summed E-state index contributed by atoms with van der Waals surface area (Å²) in [5.41, 5.74) is 0. The minimum Gasteiger partial charge on any atom is -0.236 e. The van der Waals surface area contributed by atoms with Gasteiger partial charge in [0.1, 0.15) is 0 Å². The molecule has 0 N–H and O–H groups in total. The molecule has 0 unspecified atom stereocenters. The Morgan fingerprint density at radius 3 is 2.33 bits per heavy atom. The molecule has 4 heteroatoms. The first-order chi connectivity index (χ1) is 4.12. The van der Waals surface area contributed by atoms with E-state index in [1.165, 1.54) is 6.08 Å². The third-order valence-electron chi connectivity index (χ3n) is 0.766. The maximum atomic E-state index is 10.6. The van der Waals surface area contributed by atoms with Crippen LogP contribution in [0, 0.1) is 0 Å². The van der Waals surface area contributed by atoms with Gasteiger partial charge in [0.25, 0.3) is 0 Å². The molecule has 0 heterocycles. The second kappa shape index (κ2) is 3.63. The van der Waals surface area contributed by atoms with Crippen molar-refractivity contribution in [3.8, 4) is 0 Å². The first-order valence-electron chi connectivity index (χ1n) is 2.52. The van der Waals surface area contributed by atoms with Crippen molar-refractivity contribution >= 4 is 9.84 Å². The average Bonchev–Trinajstić information content (AvgIpc) is 1.64. The molecule has 0 saturated heterocycles. The lowest BCUT2D eigenvalue weighted by atomic mass is 10.8. The number of hydrogen-bond donors (Lipinski definition) is 0. The molecular weight excluding hydrogens is 140 g/mol. The summed E-state index contributed by atoms with van der Waals surface area (Å²) in [6, 6.07) is 0. The topological polar surface area (TPSA) is 54.0 Å². The Morgan fingerprint density at radius 1 is 1.44 bits per heavy atom. The molecular formula is C5H9O3S. The Labute approximate surface area is 54.9 Å². The molecule has 0 fully saturated rings. The first kappa shape index (κ1) is 8.65. The molecule has 0 aromatic heterocycles. The molecule has 3 nitrogen and oxygen atoms in total. The van der Waals surface area contributed by atoms with Gasteiger partial charge in [-0.15, -0.1) is 6.58 Å². The largest absolute Gasteiger partial charge is 0.236 e. The molecule has 0 rings (SSSR count). The summed E-state index contributed by atoms with van der Waals surface area (Å²) in [6.07, 6.45) is 1.28. The van der Waals surface area contributed by atoms with Crippen LogP contribution in [0.4, 0.5) is 0 Å². The van der Waals surface area contributed by atoms with E-state index in [1.54, 1.807) is 0 Å². The molecule has 0 aromatic carbocycles. The Hall–Kier alpha value is -0.350. The molecule has 0 spiro atoms. The Balaban J connectivity index is 3.88. The Bertz CT molecular complexity index is 169. The second-order valence-electron chi connectivity index (χ2n) is 1.61. The highest BCUT2D eigenvalue weighted by molar-refractivity contribution is 7.91. The first-order valence-corrected chi connectivity index (χ1v) is 4.34. The highest BCUT2D eigenvalue weighted by Gasteiger charge is 2.05. The van der Waals surface area contributed by atoms with E-state index in [0.717, 1.165) is 0 Å². The van der Waals surface area contributed by atoms with E-state index in [1.807, 2.05) is 0 Å². The van der Waals surface area contributed by atoms with Gasteiger partial charge in [-0.2, -0.15) is 0 Å². The van der Waals surface area contributed by atoms with Gasteiger partial charge >= 0.3 is 0 Å². The zero-order valence-corrected chi connectivity index (χ0v) is 5.86. The summed E-state index contributed by atoms with van der Waals surface area (Å²) >= 11 is 0. The van der Waals surface area contributed by atoms with Gasteiger partial charge in [0, 0.05) is 0 Å². The van der Waals surface area contributed by atoms with Crippen molar-refractivity contribution in [2.75, 3.05) is 18.1 Å². The summed E-state index contributed by atoms with van der Waals surface area (Å²) in [5, 5.41) is 9.81. The smallest absolute Gasteiger partial charge is 0.156 e. The molecule has 0 aliphatic carbocycles. The van der Waals surface area contributed by atoms with E-state index < -0.39 is 16.4 Å². The number of sulfone groups is 1. The molecule has 0 aliphatic heterocycles. The third kappa shape index (κ3) is 4.17. The molecule has 0 saturated carbocycles. The van der Waals surface area contributed by atoms with Crippen LogP contribution in [0.25, 0.3) is 0 Å². The monoisotopic (exact) mass is 149 g/mol. The van der Waals surface area contributed by atoms with Crippen LogP contribution in [-0.2, 0) is 14.9 Å². The maximum absolute atomic E-state index is 10.6. The van der Waals surface area contributed by atoms with Crippen molar-refractivity contribution < 1.29 is 13.5 Å². The van der Waals surface area contributed by atoms with Gasteiger partial charge in [0.05, 0.1) is 18.1 Å². The molecule has 0 aliphatic rings. The van der Waals surface area contributed by atoms with Gasteiger partial charge in [-0.25, -0.2) is 13.5 Å². The lowest BCUT2D eigenvalue weighted by molar-refractivity contribution is 0.213. The fraction of sp³-hybridized carbons (Fsp3) is 0.600. The van der Waals surface area contributed by atoms with E-state index >= 15 is 0 Å². The predicted octanol–water partition coefficient (Wildman–Crippen LogP) is 0.0177. The van der Waals surface area contributed by atoms with Gasteiger partial charge in [0.15, 0.2) is 9.84 Å². The molecule has 0 aromatic rings. The normalized spacial score (nSPS) is 11.2. The fourth-order valence-corrected chi connectivity index (χ4v) is 1.17. The Morgan fingerprint density at radius 2 is 2.00 bits per heavy atom. The Kier molecular flexibility index (Phi) is 3.49. The van der Waals surface area contributed by atoms with E-state index in [0.29, 0.717) is 0 Å². The van der Waals surface area contributed by atoms with Gasteiger partial charge in [0.2, 0.25) is 0 Å². The molecule has 0 atom stereocenters. The fourth-order valence-electron chi connectivity index (χ4n) is 0.390. The van der Waals surface area contributed by atoms with Crippen LogP contribution in [0.1, 0.15) is 0 Å². The highest BCUT2D eigenvalue weighted by atomic mass is 32.2. The summed E-state index contributed by atoms with van der Waals surface area (Å²) in [4.78, 5) is 0. The summed E-state index contributed by atoms with van der Waals surface area (Å²) in [6.45, 7) is 2.69. The molecule has 1 radical (unpaired) electrons. The minimum absolute atomic E-state index is 0.0881. The van der Waals surface area contributed by atoms with Crippen molar-refractivity contribution in [2.45, 2.75) is 0 Å². The van der Waals surface area contributed by atoms with Crippen LogP contribution in [-0.4, -0.2) is 26.5 Å². The SMILES string of the molecule is C=CCS(=O)(=O)CC[O]. The molecule has 53 valence electrons. The second-order valence-corrected chi connectivity index (χ2v) is 3.84. The molecule has 0 amide bonds. The zero-order valence-electron chi connectivity index (χ0n) is 5.04. The average molecular weight is 149 g/mol. The van der Waals surface area contributed by atoms with Crippen LogP contribution >= 0.6 is 0 Å². The van der Waals surface area contributed by atoms with Crippen LogP contribution in [0.15, 0.2) is 12.7 Å². The lowest BCUT2D eigenvalue weighted by Gasteiger charge is -1.93. The minimum atomic E-state index is -3.11. The van der Waals surface area contributed by atoms with Crippen LogP contribution < -0.4 is 0 Å². The zero-order chi connectivity index (χ0) is 7.33. The van der Waals surface area contributed by atoms with Crippen LogP contribution in [0.2, 0.25) is 0 Å². The van der Waals surface area contributed by atoms with Crippen molar-refractivity contribution in [1.82, 2.24) is 0 Å². The van der Waals surface area contributed by atoms with E-state index in [2.05, 4.69) is 6.58 Å². The van der Waals surface area contributed by atoms with E-state index in [4.69, 9.17) is 0 Å². The standard InChI is InChI=1S/C5H9O3S/c1-2-4-9(7,8)5-3-6/h2H,1,3-5H2. The number of hydrogen-bond acceptors (Lipinski definition) is 2. The van der Waals surface area contributed by atoms with E-state index in [-0.39, 0.29) is 11.5 Å². The van der Waals surface area contributed by atoms with Gasteiger partial charge < -0.3 is 0 Å². The van der Waals surface area contributed by atoms with Crippen LogP contribution in [0.5, 0.6) is 0 Å². The summed E-state index contributed by atoms with van der Waals surface area (Å²) in [5.74, 6) is -0.367. The number of rotatable bonds is 4. The third-order valence-corrected chi connectivity index (χ3v) is 2.30. The van der Waals surface area contributed by atoms with Gasteiger partial charge in [-0.1, -0.05) is 6.08 Å². The van der Waals surface area contributed by atoms with Crippen molar-refractivity contribution in [3.05, 3.63) is 12.7 Å². The molecule has 0 bridgehead atoms. The van der Waals surface area contributed by atoms with Gasteiger partial charge in [-0.3, -0.25) is 0 Å². The van der Waals surface area contributed by atoms with E-state index in [9.17, 15) is 13.5 Å². The molecule has 9 heavy (non-hydrogen) atoms. The quantitative estimate of drug-likeness (QED) is 0.529. The highest BCUT2D eigenvalue weighted by Crippen LogP contribution is 1.88. The van der Waals surface area contributed by atoms with Gasteiger partial charge in [-0.05, 0) is 0 Å². The summed E-state index contributed by atoms with van der Waals surface area (Å²) < 4.78 is 21.1. The van der Waals surface area contributed by atoms with Crippen molar-refractivity contribution in [3.63, 3.8) is 0 Å². The summed E-state index contributed by atoms with van der Waals surface area (Å²) in [7, 11) is -3.11. The van der Waals surface area contributed by atoms with Crippen LogP contribution in [0.3, 0.4) is 0 Å². The van der Waals surface area contributed by atoms with Crippen molar-refractivity contribution in [2.24, 2.45) is 0 Å². The lowest BCUT2D eigenvalue weighted by Crippen LogP contribution is -2.11. The maximum Gasteiger partial charge on any atom is 0.156 e. The van der Waals surface area contributed by atoms with Crippen molar-refractivity contribution in [1.29, 1.82) is 0 Å².